The van der Waals surface area contributed by atoms with E-state index >= 15 is 0 Å². The van der Waals surface area contributed by atoms with Crippen LogP contribution in [0.15, 0.2) is 67.1 Å². The Labute approximate surface area is 160 Å². The van der Waals surface area contributed by atoms with Crippen molar-refractivity contribution in [2.24, 2.45) is 0 Å². The maximum Gasteiger partial charge on any atom is 0.122 e. The topological polar surface area (TPSA) is 58.9 Å². The minimum atomic E-state index is -0.960. The van der Waals surface area contributed by atoms with Crippen LogP contribution >= 0.6 is 23.2 Å². The Balaban J connectivity index is 1.91. The van der Waals surface area contributed by atoms with Gasteiger partial charge in [-0.25, -0.2) is 4.98 Å². The summed E-state index contributed by atoms with van der Waals surface area (Å²) < 4.78 is 0. The van der Waals surface area contributed by atoms with Gasteiger partial charge < -0.3 is 5.11 Å². The molecule has 0 spiro atoms. The average molecular weight is 382 g/mol. The highest BCUT2D eigenvalue weighted by molar-refractivity contribution is 6.42. The fraction of sp³-hybridized carbons (Fsp3) is 0.0500. The molecule has 4 aromatic rings. The Bertz CT molecular complexity index is 1090. The first-order valence-electron chi connectivity index (χ1n) is 7.92. The molecule has 1 N–H and O–H groups in total. The van der Waals surface area contributed by atoms with E-state index in [1.165, 1.54) is 0 Å². The van der Waals surface area contributed by atoms with Crippen molar-refractivity contribution in [1.82, 2.24) is 15.0 Å². The second-order valence-corrected chi connectivity index (χ2v) is 6.59. The quantitative estimate of drug-likeness (QED) is 0.537. The summed E-state index contributed by atoms with van der Waals surface area (Å²) in [7, 11) is 0. The standard InChI is InChI=1S/C20H13Cl2N3O/c21-15-4-3-13(10-16(15)22)20(26)19-14-2-1-7-24-18(14)11-17(25-19)12-5-8-23-9-6-12/h1-11,20,26H/t20-/m0/s1. The number of benzene rings is 1. The molecule has 1 aromatic carbocycles. The molecule has 0 saturated carbocycles. The average Bonchev–Trinajstić information content (AvgIpc) is 2.69. The zero-order valence-electron chi connectivity index (χ0n) is 13.5. The summed E-state index contributed by atoms with van der Waals surface area (Å²) in [5, 5.41) is 12.6. The minimum absolute atomic E-state index is 0.385. The molecule has 26 heavy (non-hydrogen) atoms. The smallest absolute Gasteiger partial charge is 0.122 e. The van der Waals surface area contributed by atoms with Crippen LogP contribution in [0.3, 0.4) is 0 Å². The van der Waals surface area contributed by atoms with Crippen molar-refractivity contribution in [3.8, 4) is 11.3 Å². The Morgan fingerprint density at radius 3 is 2.46 bits per heavy atom. The monoisotopic (exact) mass is 381 g/mol. The zero-order valence-corrected chi connectivity index (χ0v) is 15.0. The van der Waals surface area contributed by atoms with Crippen LogP contribution in [0.1, 0.15) is 17.4 Å². The lowest BCUT2D eigenvalue weighted by molar-refractivity contribution is 0.217. The van der Waals surface area contributed by atoms with Gasteiger partial charge in [-0.15, -0.1) is 0 Å². The number of hydrogen-bond acceptors (Lipinski definition) is 4. The van der Waals surface area contributed by atoms with Crippen molar-refractivity contribution < 1.29 is 5.11 Å². The molecule has 0 amide bonds. The van der Waals surface area contributed by atoms with Crippen LogP contribution in [-0.2, 0) is 0 Å². The van der Waals surface area contributed by atoms with Crippen molar-refractivity contribution in [2.45, 2.75) is 6.10 Å². The lowest BCUT2D eigenvalue weighted by atomic mass is 10.0. The Morgan fingerprint density at radius 1 is 0.885 bits per heavy atom. The van der Waals surface area contributed by atoms with Crippen LogP contribution in [0.2, 0.25) is 10.0 Å². The summed E-state index contributed by atoms with van der Waals surface area (Å²) in [4.78, 5) is 13.2. The van der Waals surface area contributed by atoms with E-state index in [4.69, 9.17) is 28.2 Å². The molecular formula is C20H13Cl2N3O. The Hall–Kier alpha value is -2.53. The van der Waals surface area contributed by atoms with Crippen molar-refractivity contribution in [1.29, 1.82) is 0 Å². The third-order valence-corrected chi connectivity index (χ3v) is 4.86. The van der Waals surface area contributed by atoms with Gasteiger partial charge in [0, 0.05) is 29.5 Å². The molecule has 0 saturated heterocycles. The van der Waals surface area contributed by atoms with Crippen molar-refractivity contribution in [3.05, 3.63) is 88.4 Å². The van der Waals surface area contributed by atoms with E-state index in [1.54, 1.807) is 36.8 Å². The van der Waals surface area contributed by atoms with Gasteiger partial charge >= 0.3 is 0 Å². The van der Waals surface area contributed by atoms with Gasteiger partial charge in [-0.05, 0) is 48.0 Å². The molecule has 0 bridgehead atoms. The van der Waals surface area contributed by atoms with Crippen LogP contribution < -0.4 is 0 Å². The highest BCUT2D eigenvalue weighted by atomic mass is 35.5. The summed E-state index contributed by atoms with van der Waals surface area (Å²) in [5.74, 6) is 0. The molecular weight excluding hydrogens is 369 g/mol. The Kier molecular flexibility index (Phi) is 4.55. The zero-order chi connectivity index (χ0) is 18.1. The fourth-order valence-corrected chi connectivity index (χ4v) is 3.13. The number of rotatable bonds is 3. The molecule has 4 nitrogen and oxygen atoms in total. The lowest BCUT2D eigenvalue weighted by Gasteiger charge is -2.15. The van der Waals surface area contributed by atoms with Gasteiger partial charge in [0.1, 0.15) is 6.10 Å². The summed E-state index contributed by atoms with van der Waals surface area (Å²) in [6.45, 7) is 0. The maximum atomic E-state index is 11.0. The molecule has 0 aliphatic carbocycles. The molecule has 6 heteroatoms. The van der Waals surface area contributed by atoms with E-state index in [0.29, 0.717) is 27.0 Å². The number of aromatic nitrogens is 3. The van der Waals surface area contributed by atoms with Gasteiger partial charge in [-0.2, -0.15) is 0 Å². The third-order valence-electron chi connectivity index (χ3n) is 4.12. The van der Waals surface area contributed by atoms with Crippen LogP contribution in [0.4, 0.5) is 0 Å². The van der Waals surface area contributed by atoms with E-state index in [0.717, 1.165) is 16.5 Å². The van der Waals surface area contributed by atoms with Crippen LogP contribution in [-0.4, -0.2) is 20.1 Å². The molecule has 0 radical (unpaired) electrons. The van der Waals surface area contributed by atoms with E-state index in [-0.39, 0.29) is 0 Å². The predicted octanol–water partition coefficient (Wildman–Crippen LogP) is 5.08. The minimum Gasteiger partial charge on any atom is -0.382 e. The fourth-order valence-electron chi connectivity index (χ4n) is 2.82. The van der Waals surface area contributed by atoms with Crippen molar-refractivity contribution >= 4 is 34.1 Å². The molecule has 1 atom stereocenters. The van der Waals surface area contributed by atoms with E-state index < -0.39 is 6.10 Å². The van der Waals surface area contributed by atoms with Gasteiger partial charge in [0.25, 0.3) is 0 Å². The van der Waals surface area contributed by atoms with Crippen LogP contribution in [0.25, 0.3) is 22.2 Å². The molecule has 0 aliphatic heterocycles. The van der Waals surface area contributed by atoms with Crippen molar-refractivity contribution in [2.75, 3.05) is 0 Å². The van der Waals surface area contributed by atoms with Crippen molar-refractivity contribution in [3.63, 3.8) is 0 Å². The molecule has 128 valence electrons. The van der Waals surface area contributed by atoms with Gasteiger partial charge in [-0.1, -0.05) is 29.3 Å². The second kappa shape index (κ2) is 7.00. The highest BCUT2D eigenvalue weighted by Crippen LogP contribution is 2.32. The normalized spacial score (nSPS) is 12.3. The first-order valence-corrected chi connectivity index (χ1v) is 8.68. The highest BCUT2D eigenvalue weighted by Gasteiger charge is 2.18. The molecule has 0 unspecified atom stereocenters. The summed E-state index contributed by atoms with van der Waals surface area (Å²) in [6, 6.07) is 14.4. The molecule has 0 aliphatic rings. The lowest BCUT2D eigenvalue weighted by Crippen LogP contribution is -2.05. The number of fused-ring (bicyclic) bond motifs is 1. The predicted molar refractivity (Wildman–Crippen MR) is 103 cm³/mol. The van der Waals surface area contributed by atoms with E-state index in [2.05, 4.69) is 9.97 Å². The van der Waals surface area contributed by atoms with Gasteiger partial charge in [0.05, 0.1) is 26.9 Å². The van der Waals surface area contributed by atoms with Crippen LogP contribution in [0.5, 0.6) is 0 Å². The summed E-state index contributed by atoms with van der Waals surface area (Å²) >= 11 is 12.1. The van der Waals surface area contributed by atoms with Gasteiger partial charge in [0.15, 0.2) is 0 Å². The first kappa shape index (κ1) is 16.9. The summed E-state index contributed by atoms with van der Waals surface area (Å²) in [6.07, 6.45) is 4.16. The first-order chi connectivity index (χ1) is 12.6. The van der Waals surface area contributed by atoms with Gasteiger partial charge in [0.2, 0.25) is 0 Å². The second-order valence-electron chi connectivity index (χ2n) is 5.77. The number of pyridine rings is 3. The van der Waals surface area contributed by atoms with E-state index in [1.807, 2.05) is 30.3 Å². The van der Waals surface area contributed by atoms with E-state index in [9.17, 15) is 5.11 Å². The molecule has 3 heterocycles. The summed E-state index contributed by atoms with van der Waals surface area (Å²) in [5.41, 5.74) is 3.50. The maximum absolute atomic E-state index is 11.0. The largest absolute Gasteiger partial charge is 0.382 e. The third kappa shape index (κ3) is 3.15. The molecule has 3 aromatic heterocycles. The van der Waals surface area contributed by atoms with Crippen LogP contribution in [0, 0.1) is 0 Å². The number of hydrogen-bond donors (Lipinski definition) is 1. The molecule has 4 rings (SSSR count). The SMILES string of the molecule is O[C@@H](c1ccc(Cl)c(Cl)c1)c1nc(-c2ccncc2)cc2ncccc12. The number of nitrogens with zero attached hydrogens (tertiary/aromatic N) is 3. The number of aliphatic hydroxyl groups excluding tert-OH is 1. The number of halogens is 2. The van der Waals surface area contributed by atoms with Gasteiger partial charge in [-0.3, -0.25) is 9.97 Å². The Morgan fingerprint density at radius 2 is 1.69 bits per heavy atom. The number of aliphatic hydroxyl groups is 1. The molecule has 0 fully saturated rings.